The number of rotatable bonds is 4. The van der Waals surface area contributed by atoms with E-state index in [1.807, 2.05) is 20.8 Å². The lowest BCUT2D eigenvalue weighted by Gasteiger charge is -2.37. The predicted molar refractivity (Wildman–Crippen MR) is 64.8 cm³/mol. The number of hydrogen-bond acceptors (Lipinski definition) is 2. The normalized spacial score (nSPS) is 15.5. The summed E-state index contributed by atoms with van der Waals surface area (Å²) < 4.78 is 0. The molecule has 17 heavy (non-hydrogen) atoms. The van der Waals surface area contributed by atoms with Crippen molar-refractivity contribution in [2.24, 2.45) is 5.92 Å². The van der Waals surface area contributed by atoms with Crippen LogP contribution in [0.5, 0.6) is 0 Å². The monoisotopic (exact) mass is 242 g/mol. The summed E-state index contributed by atoms with van der Waals surface area (Å²) in [4.78, 5) is 26.0. The van der Waals surface area contributed by atoms with Gasteiger partial charge in [0.1, 0.15) is 6.54 Å². The molecule has 0 aromatic carbocycles. The Labute approximate surface area is 102 Å². The van der Waals surface area contributed by atoms with E-state index in [0.717, 1.165) is 6.54 Å². The molecule has 0 aromatic rings. The van der Waals surface area contributed by atoms with Gasteiger partial charge in [0.2, 0.25) is 0 Å². The quantitative estimate of drug-likeness (QED) is 0.815. The molecule has 0 aliphatic heterocycles. The van der Waals surface area contributed by atoms with E-state index in [1.165, 1.54) is 17.7 Å². The Morgan fingerprint density at radius 2 is 1.82 bits per heavy atom. The fourth-order valence-corrected chi connectivity index (χ4v) is 1.70. The van der Waals surface area contributed by atoms with Crippen LogP contribution < -0.4 is 0 Å². The van der Waals surface area contributed by atoms with Gasteiger partial charge in [-0.25, -0.2) is 4.79 Å². The number of amides is 2. The van der Waals surface area contributed by atoms with E-state index < -0.39 is 11.5 Å². The molecule has 5 nitrogen and oxygen atoms in total. The van der Waals surface area contributed by atoms with Crippen LogP contribution >= 0.6 is 0 Å². The Hall–Kier alpha value is -1.26. The number of urea groups is 1. The fourth-order valence-electron chi connectivity index (χ4n) is 1.70. The van der Waals surface area contributed by atoms with Crippen molar-refractivity contribution in [1.82, 2.24) is 9.80 Å². The van der Waals surface area contributed by atoms with Crippen LogP contribution in [0.3, 0.4) is 0 Å². The Morgan fingerprint density at radius 3 is 2.18 bits per heavy atom. The predicted octanol–water partition coefficient (Wildman–Crippen LogP) is 1.63. The van der Waals surface area contributed by atoms with E-state index in [-0.39, 0.29) is 12.6 Å². The van der Waals surface area contributed by atoms with Crippen molar-refractivity contribution in [1.29, 1.82) is 0 Å². The van der Waals surface area contributed by atoms with Gasteiger partial charge < -0.3 is 14.9 Å². The summed E-state index contributed by atoms with van der Waals surface area (Å²) in [5.74, 6) is -0.372. The molecule has 0 aromatic heterocycles. The molecule has 0 heterocycles. The SMILES string of the molecule is CN(CC1CC1)C(=O)N(CC(=O)O)C(C)(C)C. The van der Waals surface area contributed by atoms with Crippen LogP contribution in [0.4, 0.5) is 4.79 Å². The van der Waals surface area contributed by atoms with Gasteiger partial charge in [0.15, 0.2) is 0 Å². The topological polar surface area (TPSA) is 60.9 Å². The highest BCUT2D eigenvalue weighted by Crippen LogP contribution is 2.29. The van der Waals surface area contributed by atoms with Gasteiger partial charge >= 0.3 is 12.0 Å². The molecule has 1 fully saturated rings. The minimum Gasteiger partial charge on any atom is -0.480 e. The lowest BCUT2D eigenvalue weighted by Crippen LogP contribution is -2.53. The van der Waals surface area contributed by atoms with E-state index in [1.54, 1.807) is 11.9 Å². The second-order valence-corrected chi connectivity index (χ2v) is 5.76. The summed E-state index contributed by atoms with van der Waals surface area (Å²) in [7, 11) is 1.74. The first kappa shape index (κ1) is 13.8. The maximum atomic E-state index is 12.2. The van der Waals surface area contributed by atoms with Gasteiger partial charge in [-0.05, 0) is 39.5 Å². The Kier molecular flexibility index (Phi) is 4.01. The largest absolute Gasteiger partial charge is 0.480 e. The molecule has 1 rings (SSSR count). The fraction of sp³-hybridized carbons (Fsp3) is 0.833. The minimum absolute atomic E-state index is 0.202. The summed E-state index contributed by atoms with van der Waals surface area (Å²) in [6, 6.07) is -0.202. The van der Waals surface area contributed by atoms with Crippen molar-refractivity contribution in [3.63, 3.8) is 0 Å². The highest BCUT2D eigenvalue weighted by Gasteiger charge is 2.32. The molecule has 5 heteroatoms. The minimum atomic E-state index is -0.979. The van der Waals surface area contributed by atoms with Gasteiger partial charge in [-0.15, -0.1) is 0 Å². The second kappa shape index (κ2) is 4.94. The van der Waals surface area contributed by atoms with Crippen LogP contribution in [0.15, 0.2) is 0 Å². The zero-order valence-corrected chi connectivity index (χ0v) is 11.1. The first-order chi connectivity index (χ1) is 7.71. The van der Waals surface area contributed by atoms with Gasteiger partial charge in [-0.1, -0.05) is 0 Å². The number of carbonyl (C=O) groups excluding carboxylic acids is 1. The van der Waals surface area contributed by atoms with Crippen molar-refractivity contribution in [2.75, 3.05) is 20.1 Å². The van der Waals surface area contributed by atoms with Crippen molar-refractivity contribution >= 4 is 12.0 Å². The number of carbonyl (C=O) groups is 2. The number of hydrogen-bond donors (Lipinski definition) is 1. The summed E-state index contributed by atoms with van der Waals surface area (Å²) in [6.07, 6.45) is 2.35. The summed E-state index contributed by atoms with van der Waals surface area (Å²) >= 11 is 0. The molecule has 1 N–H and O–H groups in total. The first-order valence-corrected chi connectivity index (χ1v) is 5.96. The average Bonchev–Trinajstić information content (AvgIpc) is 2.94. The van der Waals surface area contributed by atoms with Gasteiger partial charge in [-0.2, -0.15) is 0 Å². The second-order valence-electron chi connectivity index (χ2n) is 5.76. The molecular formula is C12H22N2O3. The molecule has 1 aliphatic rings. The van der Waals surface area contributed by atoms with Crippen molar-refractivity contribution in [3.05, 3.63) is 0 Å². The lowest BCUT2D eigenvalue weighted by molar-refractivity contribution is -0.138. The highest BCUT2D eigenvalue weighted by atomic mass is 16.4. The first-order valence-electron chi connectivity index (χ1n) is 5.96. The maximum absolute atomic E-state index is 12.2. The Morgan fingerprint density at radius 1 is 1.29 bits per heavy atom. The number of aliphatic carboxylic acids is 1. The van der Waals surface area contributed by atoms with Crippen LogP contribution in [-0.2, 0) is 4.79 Å². The maximum Gasteiger partial charge on any atom is 0.323 e. The van der Waals surface area contributed by atoms with Gasteiger partial charge in [-0.3, -0.25) is 4.79 Å². The molecule has 0 unspecified atom stereocenters. The molecule has 0 atom stereocenters. The standard InChI is InChI=1S/C12H22N2O3/c1-12(2,3)14(8-10(15)16)11(17)13(4)7-9-5-6-9/h9H,5-8H2,1-4H3,(H,15,16). The number of carboxylic acids is 1. The van der Waals surface area contributed by atoms with Crippen LogP contribution in [-0.4, -0.2) is 52.6 Å². The van der Waals surface area contributed by atoms with E-state index in [0.29, 0.717) is 5.92 Å². The van der Waals surface area contributed by atoms with Crippen molar-refractivity contribution in [2.45, 2.75) is 39.2 Å². The van der Waals surface area contributed by atoms with Crippen molar-refractivity contribution in [3.8, 4) is 0 Å². The molecule has 1 saturated carbocycles. The smallest absolute Gasteiger partial charge is 0.323 e. The Bertz CT molecular complexity index is 305. The highest BCUT2D eigenvalue weighted by molar-refractivity contribution is 5.80. The Balaban J connectivity index is 2.66. The van der Waals surface area contributed by atoms with Crippen LogP contribution in [0.25, 0.3) is 0 Å². The zero-order chi connectivity index (χ0) is 13.2. The molecule has 1 aliphatic carbocycles. The number of nitrogens with zero attached hydrogens (tertiary/aromatic N) is 2. The lowest BCUT2D eigenvalue weighted by atomic mass is 10.1. The molecular weight excluding hydrogens is 220 g/mol. The number of carboxylic acid groups (broad SMARTS) is 1. The van der Waals surface area contributed by atoms with E-state index in [4.69, 9.17) is 5.11 Å². The van der Waals surface area contributed by atoms with Gasteiger partial charge in [0.05, 0.1) is 0 Å². The van der Waals surface area contributed by atoms with Crippen LogP contribution in [0.2, 0.25) is 0 Å². The van der Waals surface area contributed by atoms with Crippen LogP contribution in [0.1, 0.15) is 33.6 Å². The summed E-state index contributed by atoms with van der Waals surface area (Å²) in [5.41, 5.74) is -0.479. The van der Waals surface area contributed by atoms with E-state index in [2.05, 4.69) is 0 Å². The third kappa shape index (κ3) is 4.24. The molecule has 2 amide bonds. The average molecular weight is 242 g/mol. The van der Waals surface area contributed by atoms with Gasteiger partial charge in [0.25, 0.3) is 0 Å². The summed E-state index contributed by atoms with van der Waals surface area (Å²) in [6.45, 7) is 6.01. The molecule has 0 saturated heterocycles. The molecule has 98 valence electrons. The van der Waals surface area contributed by atoms with E-state index in [9.17, 15) is 9.59 Å². The molecule has 0 spiro atoms. The van der Waals surface area contributed by atoms with Crippen LogP contribution in [0, 0.1) is 5.92 Å². The molecule has 0 radical (unpaired) electrons. The third-order valence-corrected chi connectivity index (χ3v) is 2.89. The third-order valence-electron chi connectivity index (χ3n) is 2.89. The van der Waals surface area contributed by atoms with Gasteiger partial charge in [0, 0.05) is 19.1 Å². The summed E-state index contributed by atoms with van der Waals surface area (Å²) in [5, 5.41) is 8.86. The van der Waals surface area contributed by atoms with Crippen molar-refractivity contribution < 1.29 is 14.7 Å². The molecule has 0 bridgehead atoms. The zero-order valence-electron chi connectivity index (χ0n) is 11.1. The van der Waals surface area contributed by atoms with E-state index >= 15 is 0 Å².